The SMILES string of the molecule is CNC(=O)[C@@H]1CN(CC(=O)Nc2c(C)cccc2C)c2ccccc2O1. The van der Waals surface area contributed by atoms with Gasteiger partial charge >= 0.3 is 0 Å². The van der Waals surface area contributed by atoms with E-state index in [4.69, 9.17) is 4.74 Å². The summed E-state index contributed by atoms with van der Waals surface area (Å²) in [5, 5.41) is 5.60. The number of fused-ring (bicyclic) bond motifs is 1. The molecule has 26 heavy (non-hydrogen) atoms. The van der Waals surface area contributed by atoms with E-state index in [9.17, 15) is 9.59 Å². The average molecular weight is 353 g/mol. The molecule has 0 aromatic heterocycles. The van der Waals surface area contributed by atoms with Gasteiger partial charge in [-0.2, -0.15) is 0 Å². The van der Waals surface area contributed by atoms with Gasteiger partial charge in [-0.3, -0.25) is 9.59 Å². The molecule has 0 radical (unpaired) electrons. The van der Waals surface area contributed by atoms with Gasteiger partial charge in [-0.1, -0.05) is 30.3 Å². The molecule has 6 heteroatoms. The third-order valence-corrected chi connectivity index (χ3v) is 4.48. The summed E-state index contributed by atoms with van der Waals surface area (Å²) in [6.07, 6.45) is -0.650. The van der Waals surface area contributed by atoms with Crippen molar-refractivity contribution in [3.63, 3.8) is 0 Å². The average Bonchev–Trinajstić information content (AvgIpc) is 2.64. The van der Waals surface area contributed by atoms with Gasteiger partial charge in [0.2, 0.25) is 5.91 Å². The Morgan fingerprint density at radius 1 is 1.12 bits per heavy atom. The maximum atomic E-state index is 12.6. The zero-order valence-corrected chi connectivity index (χ0v) is 15.2. The Morgan fingerprint density at radius 3 is 2.50 bits per heavy atom. The fourth-order valence-corrected chi connectivity index (χ4v) is 3.12. The molecule has 0 saturated heterocycles. The molecule has 1 aliphatic rings. The molecule has 0 bridgehead atoms. The quantitative estimate of drug-likeness (QED) is 0.885. The Balaban J connectivity index is 1.79. The van der Waals surface area contributed by atoms with Crippen LogP contribution in [-0.4, -0.2) is 38.1 Å². The van der Waals surface area contributed by atoms with Gasteiger partial charge in [0.15, 0.2) is 6.10 Å². The summed E-state index contributed by atoms with van der Waals surface area (Å²) < 4.78 is 5.77. The van der Waals surface area contributed by atoms with Gasteiger partial charge in [0, 0.05) is 12.7 Å². The lowest BCUT2D eigenvalue weighted by molar-refractivity contribution is -0.127. The van der Waals surface area contributed by atoms with E-state index in [1.165, 1.54) is 0 Å². The first-order chi connectivity index (χ1) is 12.5. The van der Waals surface area contributed by atoms with Crippen LogP contribution in [0.2, 0.25) is 0 Å². The first-order valence-electron chi connectivity index (χ1n) is 8.58. The maximum absolute atomic E-state index is 12.6. The number of ether oxygens (including phenoxy) is 1. The third-order valence-electron chi connectivity index (χ3n) is 4.48. The van der Waals surface area contributed by atoms with Crippen molar-refractivity contribution in [2.75, 3.05) is 30.4 Å². The fraction of sp³-hybridized carbons (Fsp3) is 0.300. The van der Waals surface area contributed by atoms with Crippen LogP contribution in [0.1, 0.15) is 11.1 Å². The number of carbonyl (C=O) groups excluding carboxylic acids is 2. The zero-order valence-electron chi connectivity index (χ0n) is 15.2. The Bertz CT molecular complexity index is 815. The summed E-state index contributed by atoms with van der Waals surface area (Å²) >= 11 is 0. The van der Waals surface area contributed by atoms with Crippen LogP contribution in [0.3, 0.4) is 0 Å². The van der Waals surface area contributed by atoms with Crippen molar-refractivity contribution in [2.24, 2.45) is 0 Å². The summed E-state index contributed by atoms with van der Waals surface area (Å²) in [6.45, 7) is 4.39. The van der Waals surface area contributed by atoms with E-state index in [1.807, 2.05) is 55.1 Å². The lowest BCUT2D eigenvalue weighted by Crippen LogP contribution is -2.50. The molecular formula is C20H23N3O3. The van der Waals surface area contributed by atoms with Gasteiger partial charge in [0.25, 0.3) is 5.91 Å². The minimum atomic E-state index is -0.650. The molecule has 2 amide bonds. The zero-order chi connectivity index (χ0) is 18.7. The first-order valence-corrected chi connectivity index (χ1v) is 8.58. The number of nitrogens with one attached hydrogen (secondary N) is 2. The van der Waals surface area contributed by atoms with Crippen molar-refractivity contribution < 1.29 is 14.3 Å². The number of benzene rings is 2. The standard InChI is InChI=1S/C20H23N3O3/c1-13-7-6-8-14(2)19(13)22-18(24)12-23-11-17(20(25)21-3)26-16-10-5-4-9-15(16)23/h4-10,17H,11-12H2,1-3H3,(H,21,25)(H,22,24)/t17-/m0/s1. The van der Waals surface area contributed by atoms with E-state index < -0.39 is 6.10 Å². The van der Waals surface area contributed by atoms with Gasteiger partial charge < -0.3 is 20.3 Å². The monoisotopic (exact) mass is 353 g/mol. The molecule has 1 aliphatic heterocycles. The van der Waals surface area contributed by atoms with Crippen LogP contribution >= 0.6 is 0 Å². The van der Waals surface area contributed by atoms with E-state index in [1.54, 1.807) is 13.1 Å². The van der Waals surface area contributed by atoms with E-state index in [2.05, 4.69) is 10.6 Å². The molecule has 2 aromatic rings. The molecule has 0 fully saturated rings. The predicted molar refractivity (Wildman–Crippen MR) is 102 cm³/mol. The summed E-state index contributed by atoms with van der Waals surface area (Å²) in [5.41, 5.74) is 3.68. The minimum Gasteiger partial charge on any atom is -0.477 e. The third kappa shape index (κ3) is 3.64. The van der Waals surface area contributed by atoms with Gasteiger partial charge in [-0.25, -0.2) is 0 Å². The highest BCUT2D eigenvalue weighted by Crippen LogP contribution is 2.33. The number of carbonyl (C=O) groups is 2. The predicted octanol–water partition coefficient (Wildman–Crippen LogP) is 2.26. The first kappa shape index (κ1) is 17.8. The number of aryl methyl sites for hydroxylation is 2. The van der Waals surface area contributed by atoms with Crippen LogP contribution in [0.25, 0.3) is 0 Å². The molecule has 3 rings (SSSR count). The number of para-hydroxylation sites is 3. The van der Waals surface area contributed by atoms with Crippen LogP contribution in [0, 0.1) is 13.8 Å². The minimum absolute atomic E-state index is 0.130. The van der Waals surface area contributed by atoms with Crippen LogP contribution < -0.4 is 20.3 Å². The van der Waals surface area contributed by atoms with Gasteiger partial charge in [0.1, 0.15) is 5.75 Å². The van der Waals surface area contributed by atoms with Crippen LogP contribution in [0.5, 0.6) is 5.75 Å². The molecule has 0 unspecified atom stereocenters. The van der Waals surface area contributed by atoms with E-state index in [-0.39, 0.29) is 18.4 Å². The number of likely N-dealkylation sites (N-methyl/N-ethyl adjacent to an activating group) is 1. The molecule has 0 aliphatic carbocycles. The van der Waals surface area contributed by atoms with Crippen molar-refractivity contribution in [3.8, 4) is 5.75 Å². The van der Waals surface area contributed by atoms with E-state index in [0.717, 1.165) is 22.5 Å². The Labute approximate surface area is 153 Å². The topological polar surface area (TPSA) is 70.7 Å². The second-order valence-electron chi connectivity index (χ2n) is 6.38. The van der Waals surface area contributed by atoms with Gasteiger partial charge in [0.05, 0.1) is 18.8 Å². The highest BCUT2D eigenvalue weighted by Gasteiger charge is 2.31. The number of hydrogen-bond acceptors (Lipinski definition) is 4. The smallest absolute Gasteiger partial charge is 0.262 e. The molecule has 136 valence electrons. The lowest BCUT2D eigenvalue weighted by Gasteiger charge is -2.35. The number of anilines is 2. The van der Waals surface area contributed by atoms with Gasteiger partial charge in [-0.15, -0.1) is 0 Å². The van der Waals surface area contributed by atoms with Crippen molar-refractivity contribution in [2.45, 2.75) is 20.0 Å². The van der Waals surface area contributed by atoms with E-state index >= 15 is 0 Å². The molecule has 0 spiro atoms. The largest absolute Gasteiger partial charge is 0.477 e. The van der Waals surface area contributed by atoms with Crippen molar-refractivity contribution in [1.29, 1.82) is 0 Å². The maximum Gasteiger partial charge on any atom is 0.262 e. The number of hydrogen-bond donors (Lipinski definition) is 2. The summed E-state index contributed by atoms with van der Waals surface area (Å²) in [4.78, 5) is 26.5. The van der Waals surface area contributed by atoms with Crippen LogP contribution in [-0.2, 0) is 9.59 Å². The number of nitrogens with zero attached hydrogens (tertiary/aromatic N) is 1. The Morgan fingerprint density at radius 2 is 1.81 bits per heavy atom. The number of rotatable bonds is 4. The van der Waals surface area contributed by atoms with Crippen molar-refractivity contribution >= 4 is 23.2 Å². The van der Waals surface area contributed by atoms with Crippen molar-refractivity contribution in [3.05, 3.63) is 53.6 Å². The van der Waals surface area contributed by atoms with Crippen molar-refractivity contribution in [1.82, 2.24) is 5.32 Å². The Hall–Kier alpha value is -3.02. The normalized spacial score (nSPS) is 15.7. The summed E-state index contributed by atoms with van der Waals surface area (Å²) in [6, 6.07) is 13.3. The molecule has 6 nitrogen and oxygen atoms in total. The lowest BCUT2D eigenvalue weighted by atomic mass is 10.1. The molecule has 1 heterocycles. The highest BCUT2D eigenvalue weighted by atomic mass is 16.5. The van der Waals surface area contributed by atoms with E-state index in [0.29, 0.717) is 12.3 Å². The number of amides is 2. The molecular weight excluding hydrogens is 330 g/mol. The summed E-state index contributed by atoms with van der Waals surface area (Å²) in [7, 11) is 1.57. The summed E-state index contributed by atoms with van der Waals surface area (Å²) in [5.74, 6) is 0.265. The molecule has 1 atom stereocenters. The van der Waals surface area contributed by atoms with Crippen LogP contribution in [0.4, 0.5) is 11.4 Å². The molecule has 0 saturated carbocycles. The second-order valence-corrected chi connectivity index (χ2v) is 6.38. The highest BCUT2D eigenvalue weighted by molar-refractivity contribution is 5.96. The van der Waals surface area contributed by atoms with Gasteiger partial charge in [-0.05, 0) is 37.1 Å². The second kappa shape index (κ2) is 7.47. The fourth-order valence-electron chi connectivity index (χ4n) is 3.12. The molecule has 2 N–H and O–H groups in total. The van der Waals surface area contributed by atoms with Crippen LogP contribution in [0.15, 0.2) is 42.5 Å². The molecule has 2 aromatic carbocycles. The Kier molecular flexibility index (Phi) is 5.11.